The lowest BCUT2D eigenvalue weighted by Crippen LogP contribution is -2.20. The van der Waals surface area contributed by atoms with Gasteiger partial charge in [0.2, 0.25) is 0 Å². The van der Waals surface area contributed by atoms with E-state index in [-0.39, 0.29) is 3.57 Å². The summed E-state index contributed by atoms with van der Waals surface area (Å²) in [4.78, 5) is 23.9. The van der Waals surface area contributed by atoms with Crippen LogP contribution in [0.1, 0.15) is 10.5 Å². The van der Waals surface area contributed by atoms with Gasteiger partial charge in [0.05, 0.1) is 15.6 Å². The zero-order valence-electron chi connectivity index (χ0n) is 9.02. The first kappa shape index (κ1) is 15.4. The number of pyridine rings is 1. The molecule has 0 fully saturated rings. The molecule has 0 N–H and O–H groups in total. The zero-order valence-corrected chi connectivity index (χ0v) is 11.2. The third-order valence-corrected chi connectivity index (χ3v) is 2.53. The van der Waals surface area contributed by atoms with E-state index in [2.05, 4.69) is 14.5 Å². The molecule has 7 nitrogen and oxygen atoms in total. The van der Waals surface area contributed by atoms with Gasteiger partial charge in [-0.05, 0) is 22.6 Å². The number of carbonyl (C=O) groups excluding carboxylic acids is 1. The smallest absolute Gasteiger partial charge is 0.464 e. The fourth-order valence-electron chi connectivity index (χ4n) is 1.02. The van der Waals surface area contributed by atoms with Crippen molar-refractivity contribution in [2.24, 2.45) is 0 Å². The van der Waals surface area contributed by atoms with Crippen molar-refractivity contribution in [3.8, 4) is 5.88 Å². The number of carbonyl (C=O) groups is 1. The van der Waals surface area contributed by atoms with Crippen molar-refractivity contribution in [3.05, 3.63) is 25.4 Å². The van der Waals surface area contributed by atoms with Crippen LogP contribution >= 0.6 is 22.6 Å². The number of hydrogen-bond acceptors (Lipinski definition) is 6. The molecule has 0 atom stereocenters. The normalized spacial score (nSPS) is 11.0. The maximum Gasteiger partial charge on any atom is 0.574 e. The van der Waals surface area contributed by atoms with Crippen molar-refractivity contribution in [1.29, 1.82) is 0 Å². The molecular formula is C8H4F3IN2O5. The maximum absolute atomic E-state index is 12.1. The summed E-state index contributed by atoms with van der Waals surface area (Å²) >= 11 is 1.51. The molecule has 104 valence electrons. The molecule has 0 aliphatic rings. The topological polar surface area (TPSA) is 91.6 Å². The lowest BCUT2D eigenvalue weighted by Gasteiger charge is -2.09. The molecule has 0 saturated carbocycles. The Bertz CT molecular complexity index is 534. The molecule has 0 aliphatic carbocycles. The monoisotopic (exact) mass is 392 g/mol. The number of aromatic nitrogens is 1. The van der Waals surface area contributed by atoms with Gasteiger partial charge in [0.25, 0.3) is 0 Å². The summed E-state index contributed by atoms with van der Waals surface area (Å²) in [6, 6.07) is 0.737. The van der Waals surface area contributed by atoms with Gasteiger partial charge < -0.3 is 9.47 Å². The minimum atomic E-state index is -5.17. The minimum absolute atomic E-state index is 0.0364. The number of ether oxygens (including phenoxy) is 2. The predicted molar refractivity (Wildman–Crippen MR) is 61.6 cm³/mol. The second kappa shape index (κ2) is 5.54. The molecule has 1 rings (SSSR count). The number of nitro groups is 1. The van der Waals surface area contributed by atoms with Crippen LogP contribution in [-0.2, 0) is 4.74 Å². The first-order valence-corrected chi connectivity index (χ1v) is 5.42. The lowest BCUT2D eigenvalue weighted by molar-refractivity contribution is -0.389. The molecule has 1 aromatic heterocycles. The van der Waals surface area contributed by atoms with Crippen molar-refractivity contribution in [2.75, 3.05) is 7.11 Å². The van der Waals surface area contributed by atoms with Crippen molar-refractivity contribution >= 4 is 34.2 Å². The fourth-order valence-corrected chi connectivity index (χ4v) is 1.65. The van der Waals surface area contributed by atoms with Crippen LogP contribution in [0.2, 0.25) is 0 Å². The predicted octanol–water partition coefficient (Wildman–Crippen LogP) is 2.28. The maximum atomic E-state index is 12.1. The highest BCUT2D eigenvalue weighted by molar-refractivity contribution is 14.1. The molecule has 0 unspecified atom stereocenters. The van der Waals surface area contributed by atoms with E-state index in [0.717, 1.165) is 13.2 Å². The zero-order chi connectivity index (χ0) is 14.8. The summed E-state index contributed by atoms with van der Waals surface area (Å²) in [6.07, 6.45) is -5.17. The highest BCUT2D eigenvalue weighted by atomic mass is 127. The Morgan fingerprint density at radius 3 is 2.53 bits per heavy atom. The van der Waals surface area contributed by atoms with Gasteiger partial charge in [-0.2, -0.15) is 4.98 Å². The molecule has 0 amide bonds. The van der Waals surface area contributed by atoms with E-state index in [4.69, 9.17) is 0 Å². The molecular weight excluding hydrogens is 388 g/mol. The van der Waals surface area contributed by atoms with Gasteiger partial charge in [0.1, 0.15) is 0 Å². The molecule has 11 heteroatoms. The number of rotatable bonds is 3. The van der Waals surface area contributed by atoms with Crippen LogP contribution in [0.15, 0.2) is 6.07 Å². The Labute approximate surface area is 117 Å². The third-order valence-electron chi connectivity index (χ3n) is 1.71. The molecule has 1 aromatic rings. The number of hydrogen-bond donors (Lipinski definition) is 0. The highest BCUT2D eigenvalue weighted by Crippen LogP contribution is 2.32. The summed E-state index contributed by atoms with van der Waals surface area (Å²) in [5.74, 6) is -2.36. The average molecular weight is 392 g/mol. The van der Waals surface area contributed by atoms with Crippen LogP contribution < -0.4 is 4.74 Å². The van der Waals surface area contributed by atoms with Gasteiger partial charge in [-0.1, -0.05) is 0 Å². The Kier molecular flexibility index (Phi) is 4.49. The Morgan fingerprint density at radius 1 is 1.53 bits per heavy atom. The summed E-state index contributed by atoms with van der Waals surface area (Å²) in [5.41, 5.74) is -1.51. The van der Waals surface area contributed by atoms with Gasteiger partial charge in [-0.25, -0.2) is 4.79 Å². The summed E-state index contributed by atoms with van der Waals surface area (Å²) < 4.78 is 44.0. The quantitative estimate of drug-likeness (QED) is 0.339. The highest BCUT2D eigenvalue weighted by Gasteiger charge is 2.36. The van der Waals surface area contributed by atoms with Crippen LogP contribution in [0.4, 0.5) is 18.9 Å². The van der Waals surface area contributed by atoms with Crippen molar-refractivity contribution in [3.63, 3.8) is 0 Å². The summed E-state index contributed by atoms with van der Waals surface area (Å²) in [6.45, 7) is 0. The minimum Gasteiger partial charge on any atom is -0.464 e. The Morgan fingerprint density at radius 2 is 2.11 bits per heavy atom. The second-order valence-corrected chi connectivity index (χ2v) is 4.10. The molecule has 0 aliphatic heterocycles. The van der Waals surface area contributed by atoms with E-state index in [1.54, 1.807) is 0 Å². The van der Waals surface area contributed by atoms with E-state index in [0.29, 0.717) is 0 Å². The van der Waals surface area contributed by atoms with Crippen molar-refractivity contribution < 1.29 is 32.4 Å². The van der Waals surface area contributed by atoms with Gasteiger partial charge >= 0.3 is 23.9 Å². The SMILES string of the molecule is COC(=O)c1nc(OC(F)(F)F)c([N+](=O)[O-])cc1I. The van der Waals surface area contributed by atoms with E-state index in [1.165, 1.54) is 22.6 Å². The van der Waals surface area contributed by atoms with Crippen LogP contribution in [0.25, 0.3) is 0 Å². The van der Waals surface area contributed by atoms with Crippen LogP contribution in [0, 0.1) is 13.7 Å². The number of halogens is 4. The van der Waals surface area contributed by atoms with Crippen LogP contribution in [0.5, 0.6) is 5.88 Å². The van der Waals surface area contributed by atoms with E-state index >= 15 is 0 Å². The fraction of sp³-hybridized carbons (Fsp3) is 0.250. The average Bonchev–Trinajstić information content (AvgIpc) is 2.27. The molecule has 0 aromatic carbocycles. The standard InChI is InChI=1S/C8H4F3IN2O5/c1-18-7(15)5-3(12)2-4(14(16)17)6(13-5)19-8(9,10)11/h2H,1H3. The largest absolute Gasteiger partial charge is 0.574 e. The van der Waals surface area contributed by atoms with E-state index in [9.17, 15) is 28.1 Å². The van der Waals surface area contributed by atoms with E-state index in [1.807, 2.05) is 0 Å². The molecule has 0 bridgehead atoms. The molecule has 19 heavy (non-hydrogen) atoms. The lowest BCUT2D eigenvalue weighted by atomic mass is 10.3. The molecule has 0 spiro atoms. The van der Waals surface area contributed by atoms with Crippen molar-refractivity contribution in [2.45, 2.75) is 6.36 Å². The summed E-state index contributed by atoms with van der Waals surface area (Å²) in [5, 5.41) is 10.6. The third kappa shape index (κ3) is 3.90. The molecule has 1 heterocycles. The number of methoxy groups -OCH3 is 1. The molecule has 0 saturated heterocycles. The second-order valence-electron chi connectivity index (χ2n) is 2.94. The van der Waals surface area contributed by atoms with E-state index < -0.39 is 34.5 Å². The van der Waals surface area contributed by atoms with Crippen LogP contribution in [-0.4, -0.2) is 29.3 Å². The molecule has 0 radical (unpaired) electrons. The Balaban J connectivity index is 3.39. The van der Waals surface area contributed by atoms with Crippen LogP contribution in [0.3, 0.4) is 0 Å². The number of esters is 1. The number of nitrogens with zero attached hydrogens (tertiary/aromatic N) is 2. The Hall–Kier alpha value is -1.66. The summed E-state index contributed by atoms with van der Waals surface area (Å²) in [7, 11) is 0.992. The van der Waals surface area contributed by atoms with Gasteiger partial charge in [0, 0.05) is 6.07 Å². The first-order chi connectivity index (χ1) is 8.65. The van der Waals surface area contributed by atoms with Crippen molar-refractivity contribution in [1.82, 2.24) is 4.98 Å². The van der Waals surface area contributed by atoms with Gasteiger partial charge in [0.15, 0.2) is 5.69 Å². The first-order valence-electron chi connectivity index (χ1n) is 4.34. The van der Waals surface area contributed by atoms with Gasteiger partial charge in [-0.15, -0.1) is 13.2 Å². The number of alkyl halides is 3. The van der Waals surface area contributed by atoms with Gasteiger partial charge in [-0.3, -0.25) is 10.1 Å².